The van der Waals surface area contributed by atoms with E-state index in [-0.39, 0.29) is 5.91 Å². The van der Waals surface area contributed by atoms with E-state index in [4.69, 9.17) is 0 Å². The third-order valence-corrected chi connectivity index (χ3v) is 4.98. The highest BCUT2D eigenvalue weighted by Crippen LogP contribution is 2.23. The summed E-state index contributed by atoms with van der Waals surface area (Å²) in [6.45, 7) is 3.37. The second-order valence-electron chi connectivity index (χ2n) is 7.24. The number of aromatic nitrogens is 2. The molecule has 1 aliphatic carbocycles. The molecule has 2 aromatic rings. The van der Waals surface area contributed by atoms with Crippen molar-refractivity contribution in [3.63, 3.8) is 0 Å². The number of carbonyl (C=O) groups is 1. The molecule has 3 rings (SSSR count). The minimum absolute atomic E-state index is 0.122. The fourth-order valence-electron chi connectivity index (χ4n) is 3.56. The molecule has 0 spiro atoms. The van der Waals surface area contributed by atoms with Gasteiger partial charge in [0, 0.05) is 24.3 Å². The molecule has 134 valence electrons. The molecular formula is C20H28N4O. The molecule has 5 heteroatoms. The Bertz CT molecular complexity index is 682. The maximum absolute atomic E-state index is 12.3. The first-order valence-electron chi connectivity index (χ1n) is 9.18. The van der Waals surface area contributed by atoms with Gasteiger partial charge < -0.3 is 5.32 Å². The van der Waals surface area contributed by atoms with Gasteiger partial charge in [-0.3, -0.25) is 9.69 Å². The molecule has 5 nitrogen and oxygen atoms in total. The first-order valence-corrected chi connectivity index (χ1v) is 9.18. The summed E-state index contributed by atoms with van der Waals surface area (Å²) in [5, 5.41) is 7.63. The standard InChI is InChI=1S/C20H28N4O/c1-16-8-6-7-11-19(16)22-20(25)15-23(2)13-17-12-21-24(14-17)18-9-4-3-5-10-18/h3-5,9-10,12,14,16,19H,6-8,11,13,15H2,1-2H3,(H,22,25). The monoisotopic (exact) mass is 340 g/mol. The van der Waals surface area contributed by atoms with Crippen LogP contribution in [0.3, 0.4) is 0 Å². The number of benzene rings is 1. The van der Waals surface area contributed by atoms with Crippen LogP contribution in [0.25, 0.3) is 5.69 Å². The van der Waals surface area contributed by atoms with Gasteiger partial charge in [-0.05, 0) is 37.9 Å². The van der Waals surface area contributed by atoms with E-state index in [0.717, 1.165) is 17.7 Å². The van der Waals surface area contributed by atoms with Crippen molar-refractivity contribution in [2.45, 2.75) is 45.2 Å². The lowest BCUT2D eigenvalue weighted by Crippen LogP contribution is -2.44. The molecule has 1 N–H and O–H groups in total. The van der Waals surface area contributed by atoms with Gasteiger partial charge >= 0.3 is 0 Å². The molecule has 1 aromatic heterocycles. The Hall–Kier alpha value is -2.14. The van der Waals surface area contributed by atoms with Crippen LogP contribution in [0.5, 0.6) is 0 Å². The highest BCUT2D eigenvalue weighted by molar-refractivity contribution is 5.78. The number of rotatable bonds is 6. The molecule has 1 amide bonds. The minimum atomic E-state index is 0.122. The number of nitrogens with zero attached hydrogens (tertiary/aromatic N) is 3. The first-order chi connectivity index (χ1) is 12.1. The third-order valence-electron chi connectivity index (χ3n) is 4.98. The fraction of sp³-hybridized carbons (Fsp3) is 0.500. The minimum Gasteiger partial charge on any atom is -0.352 e. The van der Waals surface area contributed by atoms with Crippen molar-refractivity contribution in [1.29, 1.82) is 0 Å². The van der Waals surface area contributed by atoms with Gasteiger partial charge in [-0.1, -0.05) is 38.0 Å². The van der Waals surface area contributed by atoms with Crippen molar-refractivity contribution in [3.8, 4) is 5.69 Å². The molecule has 1 heterocycles. The van der Waals surface area contributed by atoms with Crippen LogP contribution in [0.15, 0.2) is 42.7 Å². The summed E-state index contributed by atoms with van der Waals surface area (Å²) in [5.74, 6) is 0.712. The predicted octanol–water partition coefficient (Wildman–Crippen LogP) is 3.00. The third kappa shape index (κ3) is 4.92. The van der Waals surface area contributed by atoms with E-state index in [2.05, 4.69) is 17.3 Å². The van der Waals surface area contributed by atoms with Gasteiger partial charge in [-0.2, -0.15) is 5.10 Å². The molecule has 2 atom stereocenters. The topological polar surface area (TPSA) is 50.2 Å². The van der Waals surface area contributed by atoms with Gasteiger partial charge in [0.1, 0.15) is 0 Å². The highest BCUT2D eigenvalue weighted by atomic mass is 16.2. The van der Waals surface area contributed by atoms with Gasteiger partial charge in [0.15, 0.2) is 0 Å². The van der Waals surface area contributed by atoms with Crippen molar-refractivity contribution < 1.29 is 4.79 Å². The van der Waals surface area contributed by atoms with Crippen LogP contribution in [0.1, 0.15) is 38.2 Å². The van der Waals surface area contributed by atoms with E-state index >= 15 is 0 Å². The maximum Gasteiger partial charge on any atom is 0.234 e. The molecule has 1 aromatic carbocycles. The Kier molecular flexibility index (Phi) is 5.87. The summed E-state index contributed by atoms with van der Waals surface area (Å²) in [6.07, 6.45) is 8.74. The average molecular weight is 340 g/mol. The van der Waals surface area contributed by atoms with E-state index in [1.807, 2.05) is 59.4 Å². The van der Waals surface area contributed by atoms with Gasteiger partial charge in [0.25, 0.3) is 0 Å². The zero-order chi connectivity index (χ0) is 17.6. The van der Waals surface area contributed by atoms with Gasteiger partial charge in [0.2, 0.25) is 5.91 Å². The lowest BCUT2D eigenvalue weighted by molar-refractivity contribution is -0.123. The van der Waals surface area contributed by atoms with Gasteiger partial charge in [0.05, 0.1) is 18.4 Å². The van der Waals surface area contributed by atoms with Crippen LogP contribution in [-0.4, -0.2) is 40.2 Å². The normalized spacial score (nSPS) is 20.6. The number of carbonyl (C=O) groups excluding carboxylic acids is 1. The van der Waals surface area contributed by atoms with E-state index in [0.29, 0.717) is 25.0 Å². The summed E-state index contributed by atoms with van der Waals surface area (Å²) in [5.41, 5.74) is 2.14. The number of para-hydroxylation sites is 1. The first kappa shape index (κ1) is 17.7. The quantitative estimate of drug-likeness (QED) is 0.879. The van der Waals surface area contributed by atoms with Gasteiger partial charge in [-0.15, -0.1) is 0 Å². The molecule has 0 radical (unpaired) electrons. The van der Waals surface area contributed by atoms with Crippen molar-refractivity contribution in [3.05, 3.63) is 48.3 Å². The molecule has 25 heavy (non-hydrogen) atoms. The van der Waals surface area contributed by atoms with Crippen LogP contribution in [0.4, 0.5) is 0 Å². The Morgan fingerprint density at radius 2 is 2.04 bits per heavy atom. The largest absolute Gasteiger partial charge is 0.352 e. The van der Waals surface area contributed by atoms with Crippen LogP contribution in [0.2, 0.25) is 0 Å². The molecular weight excluding hydrogens is 312 g/mol. The highest BCUT2D eigenvalue weighted by Gasteiger charge is 2.23. The fourth-order valence-corrected chi connectivity index (χ4v) is 3.56. The molecule has 0 aliphatic heterocycles. The van der Waals surface area contributed by atoms with Gasteiger partial charge in [-0.25, -0.2) is 4.68 Å². The molecule has 1 saturated carbocycles. The molecule has 1 fully saturated rings. The smallest absolute Gasteiger partial charge is 0.234 e. The number of nitrogens with one attached hydrogen (secondary N) is 1. The summed E-state index contributed by atoms with van der Waals surface area (Å²) in [4.78, 5) is 14.3. The molecule has 0 saturated heterocycles. The summed E-state index contributed by atoms with van der Waals surface area (Å²) in [7, 11) is 1.98. The number of likely N-dealkylation sites (N-methyl/N-ethyl adjacent to an activating group) is 1. The average Bonchev–Trinajstić information content (AvgIpc) is 3.06. The summed E-state index contributed by atoms with van der Waals surface area (Å²) >= 11 is 0. The Labute approximate surface area is 150 Å². The molecule has 0 bridgehead atoms. The Balaban J connectivity index is 1.50. The number of hydrogen-bond donors (Lipinski definition) is 1. The van der Waals surface area contributed by atoms with Crippen LogP contribution >= 0.6 is 0 Å². The van der Waals surface area contributed by atoms with E-state index in [1.165, 1.54) is 19.3 Å². The zero-order valence-electron chi connectivity index (χ0n) is 15.2. The van der Waals surface area contributed by atoms with Crippen LogP contribution in [-0.2, 0) is 11.3 Å². The van der Waals surface area contributed by atoms with Crippen molar-refractivity contribution in [2.75, 3.05) is 13.6 Å². The van der Waals surface area contributed by atoms with Crippen LogP contribution < -0.4 is 5.32 Å². The lowest BCUT2D eigenvalue weighted by atomic mass is 9.86. The zero-order valence-corrected chi connectivity index (χ0v) is 15.2. The van der Waals surface area contributed by atoms with E-state index < -0.39 is 0 Å². The van der Waals surface area contributed by atoms with E-state index in [1.54, 1.807) is 0 Å². The van der Waals surface area contributed by atoms with Crippen molar-refractivity contribution in [1.82, 2.24) is 20.0 Å². The van der Waals surface area contributed by atoms with E-state index in [9.17, 15) is 4.79 Å². The SMILES string of the molecule is CC1CCCCC1NC(=O)CN(C)Cc1cnn(-c2ccccc2)c1. The molecule has 1 aliphatic rings. The van der Waals surface area contributed by atoms with Crippen LogP contribution in [0, 0.1) is 5.92 Å². The Morgan fingerprint density at radius 3 is 2.80 bits per heavy atom. The number of hydrogen-bond acceptors (Lipinski definition) is 3. The lowest BCUT2D eigenvalue weighted by Gasteiger charge is -2.30. The summed E-state index contributed by atoms with van der Waals surface area (Å²) in [6, 6.07) is 10.4. The van der Waals surface area contributed by atoms with Crippen molar-refractivity contribution >= 4 is 5.91 Å². The maximum atomic E-state index is 12.3. The Morgan fingerprint density at radius 1 is 1.28 bits per heavy atom. The number of amides is 1. The predicted molar refractivity (Wildman–Crippen MR) is 99.5 cm³/mol. The van der Waals surface area contributed by atoms with Crippen molar-refractivity contribution in [2.24, 2.45) is 5.92 Å². The second-order valence-corrected chi connectivity index (χ2v) is 7.24. The summed E-state index contributed by atoms with van der Waals surface area (Å²) < 4.78 is 1.87. The molecule has 2 unspecified atom stereocenters. The second kappa shape index (κ2) is 8.30.